The van der Waals surface area contributed by atoms with Crippen molar-refractivity contribution in [3.05, 3.63) is 66.1 Å². The summed E-state index contributed by atoms with van der Waals surface area (Å²) in [5.74, 6) is -1.28. The van der Waals surface area contributed by atoms with E-state index < -0.39 is 11.7 Å². The highest BCUT2D eigenvalue weighted by Gasteiger charge is 2.14. The number of aromatic nitrogens is 2. The van der Waals surface area contributed by atoms with Gasteiger partial charge in [0.2, 0.25) is 5.95 Å². The molecule has 8 nitrogen and oxygen atoms in total. The lowest BCUT2D eigenvalue weighted by Crippen LogP contribution is -2.29. The Labute approximate surface area is 179 Å². The molecule has 1 aliphatic heterocycles. The molecule has 1 saturated heterocycles. The number of para-hydroxylation sites is 1. The Morgan fingerprint density at radius 3 is 2.48 bits per heavy atom. The minimum absolute atomic E-state index is 0.0966. The minimum Gasteiger partial charge on any atom is -0.372 e. The Balaban J connectivity index is 1.50. The van der Waals surface area contributed by atoms with E-state index in [4.69, 9.17) is 5.21 Å². The first-order valence-electron chi connectivity index (χ1n) is 10.1. The first kappa shape index (κ1) is 20.5. The molecule has 0 atom stereocenters. The number of nitrogens with one attached hydrogen (secondary N) is 3. The fraction of sp³-hybridized carbons (Fsp3) is 0.227. The van der Waals surface area contributed by atoms with Gasteiger partial charge < -0.3 is 15.5 Å². The number of hydrogen-bond donors (Lipinski definition) is 4. The zero-order valence-electron chi connectivity index (χ0n) is 16.8. The smallest absolute Gasteiger partial charge is 0.276 e. The molecule has 31 heavy (non-hydrogen) atoms. The van der Waals surface area contributed by atoms with Crippen LogP contribution in [0.25, 0.3) is 0 Å². The molecule has 0 radical (unpaired) electrons. The molecule has 160 valence electrons. The fourth-order valence-electron chi connectivity index (χ4n) is 3.53. The van der Waals surface area contributed by atoms with Crippen molar-refractivity contribution in [1.82, 2.24) is 15.4 Å². The maximum absolute atomic E-state index is 14.3. The quantitative estimate of drug-likeness (QED) is 0.349. The van der Waals surface area contributed by atoms with Gasteiger partial charge in [0.25, 0.3) is 5.91 Å². The van der Waals surface area contributed by atoms with Gasteiger partial charge in [0, 0.05) is 24.5 Å². The monoisotopic (exact) mass is 422 g/mol. The van der Waals surface area contributed by atoms with Gasteiger partial charge in [-0.2, -0.15) is 4.98 Å². The number of hydrogen-bond acceptors (Lipinski definition) is 7. The standard InChI is InChI=1S/C22H23FN6O2/c23-18-14-24-22(25-15-8-10-16(11-9-15)29-12-4-1-5-13-29)27-20(18)26-19-7-3-2-6-17(19)21(30)28-31/h2-3,6-11,14,31H,1,4-5,12-13H2,(H,28,30)(H2,24,25,26,27). The second-order valence-electron chi connectivity index (χ2n) is 7.22. The highest BCUT2D eigenvalue weighted by Crippen LogP contribution is 2.25. The van der Waals surface area contributed by atoms with Gasteiger partial charge in [0.1, 0.15) is 0 Å². The Kier molecular flexibility index (Phi) is 6.23. The Morgan fingerprint density at radius 2 is 1.74 bits per heavy atom. The van der Waals surface area contributed by atoms with E-state index in [1.54, 1.807) is 23.7 Å². The fourth-order valence-corrected chi connectivity index (χ4v) is 3.53. The topological polar surface area (TPSA) is 102 Å². The lowest BCUT2D eigenvalue weighted by molar-refractivity contribution is 0.0707. The van der Waals surface area contributed by atoms with Crippen LogP contribution in [0.2, 0.25) is 0 Å². The predicted octanol–water partition coefficient (Wildman–Crippen LogP) is 4.21. The van der Waals surface area contributed by atoms with Crippen LogP contribution in [0.15, 0.2) is 54.7 Å². The van der Waals surface area contributed by atoms with Gasteiger partial charge in [-0.25, -0.2) is 14.9 Å². The molecule has 4 rings (SSSR count). The van der Waals surface area contributed by atoms with Gasteiger partial charge >= 0.3 is 0 Å². The largest absolute Gasteiger partial charge is 0.372 e. The normalized spacial score (nSPS) is 13.5. The summed E-state index contributed by atoms with van der Waals surface area (Å²) in [4.78, 5) is 22.4. The summed E-state index contributed by atoms with van der Waals surface area (Å²) in [6.45, 7) is 2.14. The third-order valence-corrected chi connectivity index (χ3v) is 5.12. The number of piperidine rings is 1. The molecule has 3 aromatic rings. The van der Waals surface area contributed by atoms with Crippen LogP contribution in [0, 0.1) is 5.82 Å². The third-order valence-electron chi connectivity index (χ3n) is 5.12. The summed E-state index contributed by atoms with van der Waals surface area (Å²) in [6.07, 6.45) is 4.75. The molecular weight excluding hydrogens is 399 g/mol. The van der Waals surface area contributed by atoms with E-state index in [2.05, 4.69) is 25.5 Å². The number of halogens is 1. The molecule has 1 aromatic heterocycles. The van der Waals surface area contributed by atoms with Gasteiger partial charge in [0.05, 0.1) is 17.4 Å². The summed E-state index contributed by atoms with van der Waals surface area (Å²) in [5, 5.41) is 14.8. The maximum Gasteiger partial charge on any atom is 0.276 e. The summed E-state index contributed by atoms with van der Waals surface area (Å²) in [7, 11) is 0. The van der Waals surface area contributed by atoms with Gasteiger partial charge in [-0.1, -0.05) is 12.1 Å². The molecule has 1 amide bonds. The lowest BCUT2D eigenvalue weighted by Gasteiger charge is -2.28. The van der Waals surface area contributed by atoms with Crippen molar-refractivity contribution >= 4 is 34.7 Å². The molecule has 2 aromatic carbocycles. The van der Waals surface area contributed by atoms with Gasteiger partial charge in [-0.3, -0.25) is 10.0 Å². The summed E-state index contributed by atoms with van der Waals surface area (Å²) in [5.41, 5.74) is 3.96. The molecule has 9 heteroatoms. The average Bonchev–Trinajstić information content (AvgIpc) is 2.82. The number of anilines is 5. The maximum atomic E-state index is 14.3. The zero-order chi connectivity index (χ0) is 21.6. The number of benzene rings is 2. The lowest BCUT2D eigenvalue weighted by atomic mass is 10.1. The van der Waals surface area contributed by atoms with E-state index in [1.807, 2.05) is 24.3 Å². The molecule has 2 heterocycles. The van der Waals surface area contributed by atoms with Crippen molar-refractivity contribution in [2.75, 3.05) is 28.6 Å². The van der Waals surface area contributed by atoms with Gasteiger partial charge in [-0.15, -0.1) is 0 Å². The van der Waals surface area contributed by atoms with E-state index in [9.17, 15) is 9.18 Å². The molecule has 1 fully saturated rings. The molecular formula is C22H23FN6O2. The molecule has 0 bridgehead atoms. The van der Waals surface area contributed by atoms with Gasteiger partial charge in [-0.05, 0) is 55.7 Å². The molecule has 0 aliphatic carbocycles. The van der Waals surface area contributed by atoms with Gasteiger partial charge in [0.15, 0.2) is 11.6 Å². The number of rotatable bonds is 6. The third kappa shape index (κ3) is 4.89. The van der Waals surface area contributed by atoms with Crippen LogP contribution in [0.1, 0.15) is 29.6 Å². The summed E-state index contributed by atoms with van der Waals surface area (Å²) in [6, 6.07) is 14.3. The van der Waals surface area contributed by atoms with E-state index in [1.165, 1.54) is 31.0 Å². The second kappa shape index (κ2) is 9.40. The minimum atomic E-state index is -0.718. The SMILES string of the molecule is O=C(NO)c1ccccc1Nc1nc(Nc2ccc(N3CCCCC3)cc2)ncc1F. The van der Waals surface area contributed by atoms with Crippen LogP contribution in [0.3, 0.4) is 0 Å². The van der Waals surface area contributed by atoms with E-state index >= 15 is 0 Å². The predicted molar refractivity (Wildman–Crippen MR) is 117 cm³/mol. The Hall–Kier alpha value is -3.72. The van der Waals surface area contributed by atoms with Crippen molar-refractivity contribution in [2.24, 2.45) is 0 Å². The van der Waals surface area contributed by atoms with Crippen molar-refractivity contribution in [3.63, 3.8) is 0 Å². The van der Waals surface area contributed by atoms with Crippen molar-refractivity contribution < 1.29 is 14.4 Å². The van der Waals surface area contributed by atoms with E-state index in [0.29, 0.717) is 5.69 Å². The number of carbonyl (C=O) groups is 1. The van der Waals surface area contributed by atoms with Crippen molar-refractivity contribution in [1.29, 1.82) is 0 Å². The highest BCUT2D eigenvalue weighted by atomic mass is 19.1. The number of carbonyl (C=O) groups excluding carboxylic acids is 1. The van der Waals surface area contributed by atoms with Crippen LogP contribution in [0.5, 0.6) is 0 Å². The number of amides is 1. The zero-order valence-corrected chi connectivity index (χ0v) is 16.8. The van der Waals surface area contributed by atoms with Crippen LogP contribution in [-0.2, 0) is 0 Å². The second-order valence-corrected chi connectivity index (χ2v) is 7.22. The Bertz CT molecular complexity index is 1050. The highest BCUT2D eigenvalue weighted by molar-refractivity contribution is 5.99. The van der Waals surface area contributed by atoms with E-state index in [0.717, 1.165) is 25.0 Å². The average molecular weight is 422 g/mol. The summed E-state index contributed by atoms with van der Waals surface area (Å²) < 4.78 is 14.3. The molecule has 0 saturated carbocycles. The van der Waals surface area contributed by atoms with Crippen LogP contribution in [0.4, 0.5) is 33.2 Å². The number of nitrogens with zero attached hydrogens (tertiary/aromatic N) is 3. The Morgan fingerprint density at radius 1 is 1.00 bits per heavy atom. The van der Waals surface area contributed by atoms with Crippen LogP contribution in [-0.4, -0.2) is 34.2 Å². The first-order chi connectivity index (χ1) is 15.1. The summed E-state index contributed by atoms with van der Waals surface area (Å²) >= 11 is 0. The molecule has 4 N–H and O–H groups in total. The molecule has 1 aliphatic rings. The molecule has 0 unspecified atom stereocenters. The number of hydroxylamine groups is 1. The first-order valence-corrected chi connectivity index (χ1v) is 10.1. The van der Waals surface area contributed by atoms with Crippen molar-refractivity contribution in [3.8, 4) is 0 Å². The van der Waals surface area contributed by atoms with E-state index in [-0.39, 0.29) is 17.3 Å². The van der Waals surface area contributed by atoms with Crippen LogP contribution < -0.4 is 21.0 Å². The van der Waals surface area contributed by atoms with Crippen LogP contribution >= 0.6 is 0 Å². The van der Waals surface area contributed by atoms with Crippen molar-refractivity contribution in [2.45, 2.75) is 19.3 Å². The molecule has 0 spiro atoms.